The Hall–Kier alpha value is -1.59. The van der Waals surface area contributed by atoms with Crippen LogP contribution in [0.2, 0.25) is 0 Å². The zero-order valence-electron chi connectivity index (χ0n) is 15.4. The van der Waals surface area contributed by atoms with Gasteiger partial charge >= 0.3 is 0 Å². The maximum absolute atomic E-state index is 13.7. The number of hydrogen-bond donors (Lipinski definition) is 2. The van der Waals surface area contributed by atoms with Gasteiger partial charge in [-0.05, 0) is 18.1 Å². The van der Waals surface area contributed by atoms with Gasteiger partial charge in [0.25, 0.3) is 10.2 Å². The third-order valence-corrected chi connectivity index (χ3v) is 6.56. The van der Waals surface area contributed by atoms with Crippen LogP contribution in [0.15, 0.2) is 42.5 Å². The monoisotopic (exact) mass is 446 g/mol. The van der Waals surface area contributed by atoms with E-state index in [-0.39, 0.29) is 37.1 Å². The molecule has 3 rings (SSSR count). The Kier molecular flexibility index (Phi) is 7.23. The van der Waals surface area contributed by atoms with Crippen molar-refractivity contribution < 1.29 is 26.3 Å². The molecule has 1 aliphatic heterocycles. The van der Waals surface area contributed by atoms with Gasteiger partial charge in [-0.3, -0.25) is 0 Å². The van der Waals surface area contributed by atoms with E-state index in [0.29, 0.717) is 12.5 Å². The molecule has 1 N–H and O–H groups in total. The summed E-state index contributed by atoms with van der Waals surface area (Å²) in [4.78, 5) is 0. The number of benzene rings is 2. The molecular formula is C19H21F3N2O3S2. The third kappa shape index (κ3) is 5.73. The van der Waals surface area contributed by atoms with Gasteiger partial charge in [-0.15, -0.1) is 0 Å². The fraction of sp³-hybridized carbons (Fsp3) is 0.368. The van der Waals surface area contributed by atoms with Gasteiger partial charge in [-0.2, -0.15) is 30.1 Å². The van der Waals surface area contributed by atoms with Crippen molar-refractivity contribution in [2.24, 2.45) is 0 Å². The van der Waals surface area contributed by atoms with Crippen LogP contribution in [0.25, 0.3) is 0 Å². The molecule has 0 saturated carbocycles. The largest absolute Gasteiger partial charge is 0.375 e. The van der Waals surface area contributed by atoms with Crippen molar-refractivity contribution in [2.45, 2.75) is 30.9 Å². The number of thiol groups is 1. The number of nitrogens with zero attached hydrogens (tertiary/aromatic N) is 1. The second-order valence-electron chi connectivity index (χ2n) is 6.80. The number of halogens is 3. The summed E-state index contributed by atoms with van der Waals surface area (Å²) < 4.78 is 74.6. The molecule has 2 atom stereocenters. The molecule has 29 heavy (non-hydrogen) atoms. The standard InChI is InChI=1S/C19H21F3N2O3S2/c20-17-8-19(22)18(21)6-14(17)11-27-12-15-7-16(28)10-24(15)29(25,26)23-9-13-4-2-1-3-5-13/h1-6,8,15-16,23,28H,7,9-12H2/t15-,16+/m0/s1. The fourth-order valence-corrected chi connectivity index (χ4v) is 5.10. The molecule has 1 saturated heterocycles. The van der Waals surface area contributed by atoms with Crippen LogP contribution in [0, 0.1) is 17.5 Å². The zero-order chi connectivity index (χ0) is 21.0. The van der Waals surface area contributed by atoms with Gasteiger partial charge in [-0.25, -0.2) is 13.2 Å². The van der Waals surface area contributed by atoms with Crippen LogP contribution in [-0.2, 0) is 28.1 Å². The van der Waals surface area contributed by atoms with Crippen molar-refractivity contribution in [1.29, 1.82) is 0 Å². The topological polar surface area (TPSA) is 58.6 Å². The lowest BCUT2D eigenvalue weighted by molar-refractivity contribution is 0.0849. The smallest absolute Gasteiger partial charge is 0.280 e. The van der Waals surface area contributed by atoms with Crippen LogP contribution >= 0.6 is 12.6 Å². The van der Waals surface area contributed by atoms with E-state index in [4.69, 9.17) is 4.74 Å². The molecule has 1 aliphatic rings. The van der Waals surface area contributed by atoms with Crippen molar-refractivity contribution in [2.75, 3.05) is 13.2 Å². The van der Waals surface area contributed by atoms with Crippen molar-refractivity contribution in [1.82, 2.24) is 9.03 Å². The third-order valence-electron chi connectivity index (χ3n) is 4.61. The summed E-state index contributed by atoms with van der Waals surface area (Å²) in [5.41, 5.74) is 0.681. The first-order chi connectivity index (χ1) is 13.8. The summed E-state index contributed by atoms with van der Waals surface area (Å²) >= 11 is 4.37. The van der Waals surface area contributed by atoms with Gasteiger partial charge in [0.2, 0.25) is 0 Å². The van der Waals surface area contributed by atoms with E-state index in [2.05, 4.69) is 17.4 Å². The number of ether oxygens (including phenoxy) is 1. The normalized spacial score (nSPS) is 20.3. The van der Waals surface area contributed by atoms with Crippen LogP contribution in [0.1, 0.15) is 17.5 Å². The average Bonchev–Trinajstić information content (AvgIpc) is 3.07. The van der Waals surface area contributed by atoms with E-state index in [9.17, 15) is 21.6 Å². The van der Waals surface area contributed by atoms with Gasteiger partial charge in [0.05, 0.1) is 19.3 Å². The SMILES string of the molecule is O=S(=O)(NCc1ccccc1)N1C[C@H](S)C[C@H]1COCc1cc(F)c(F)cc1F. The minimum atomic E-state index is -3.79. The average molecular weight is 447 g/mol. The predicted octanol–water partition coefficient (Wildman–Crippen LogP) is 3.03. The summed E-state index contributed by atoms with van der Waals surface area (Å²) in [5.74, 6) is -3.37. The molecule has 2 aromatic rings. The first-order valence-corrected chi connectivity index (χ1v) is 10.9. The Bertz CT molecular complexity index is 945. The number of rotatable bonds is 8. The van der Waals surface area contributed by atoms with Crippen LogP contribution in [-0.4, -0.2) is 37.2 Å². The highest BCUT2D eigenvalue weighted by Gasteiger charge is 2.38. The molecule has 1 fully saturated rings. The minimum Gasteiger partial charge on any atom is -0.375 e. The van der Waals surface area contributed by atoms with Crippen LogP contribution in [0.4, 0.5) is 13.2 Å². The lowest BCUT2D eigenvalue weighted by atomic mass is 10.2. The Labute approximate surface area is 173 Å². The zero-order valence-corrected chi connectivity index (χ0v) is 17.1. The van der Waals surface area contributed by atoms with Crippen LogP contribution in [0.3, 0.4) is 0 Å². The van der Waals surface area contributed by atoms with Crippen molar-refractivity contribution in [3.8, 4) is 0 Å². The van der Waals surface area contributed by atoms with Gasteiger partial charge in [0, 0.05) is 30.0 Å². The van der Waals surface area contributed by atoms with Crippen molar-refractivity contribution in [3.05, 3.63) is 71.0 Å². The molecule has 10 heteroatoms. The predicted molar refractivity (Wildman–Crippen MR) is 106 cm³/mol. The quantitative estimate of drug-likeness (QED) is 0.484. The molecule has 5 nitrogen and oxygen atoms in total. The summed E-state index contributed by atoms with van der Waals surface area (Å²) in [5, 5.41) is -0.170. The summed E-state index contributed by atoms with van der Waals surface area (Å²) in [6, 6.07) is 9.78. The van der Waals surface area contributed by atoms with Gasteiger partial charge < -0.3 is 4.74 Å². The van der Waals surface area contributed by atoms with E-state index in [1.54, 1.807) is 0 Å². The summed E-state index contributed by atoms with van der Waals surface area (Å²) in [6.45, 7) is 0.0230. The molecular weight excluding hydrogens is 425 g/mol. The highest BCUT2D eigenvalue weighted by atomic mass is 32.2. The Morgan fingerprint density at radius 2 is 1.79 bits per heavy atom. The fourth-order valence-electron chi connectivity index (χ4n) is 3.14. The van der Waals surface area contributed by atoms with Gasteiger partial charge in [-0.1, -0.05) is 30.3 Å². The number of nitrogens with one attached hydrogen (secondary N) is 1. The van der Waals surface area contributed by atoms with E-state index < -0.39 is 33.7 Å². The highest BCUT2D eigenvalue weighted by Crippen LogP contribution is 2.25. The van der Waals surface area contributed by atoms with Gasteiger partial charge in [0.1, 0.15) is 5.82 Å². The molecule has 0 spiro atoms. The van der Waals surface area contributed by atoms with Crippen LogP contribution in [0.5, 0.6) is 0 Å². The summed E-state index contributed by atoms with van der Waals surface area (Å²) in [6.07, 6.45) is 0.454. The molecule has 0 unspecified atom stereocenters. The molecule has 0 aromatic heterocycles. The lowest BCUT2D eigenvalue weighted by Gasteiger charge is -2.24. The van der Waals surface area contributed by atoms with E-state index in [1.165, 1.54) is 4.31 Å². The molecule has 0 bridgehead atoms. The van der Waals surface area contributed by atoms with Crippen LogP contribution < -0.4 is 4.72 Å². The number of hydrogen-bond acceptors (Lipinski definition) is 4. The maximum atomic E-state index is 13.7. The first kappa shape index (κ1) is 22.1. The molecule has 0 radical (unpaired) electrons. The van der Waals surface area contributed by atoms with E-state index in [1.807, 2.05) is 30.3 Å². The van der Waals surface area contributed by atoms with E-state index >= 15 is 0 Å². The second kappa shape index (κ2) is 9.48. The van der Waals surface area contributed by atoms with Gasteiger partial charge in [0.15, 0.2) is 11.6 Å². The lowest BCUT2D eigenvalue weighted by Crippen LogP contribution is -2.45. The molecule has 1 heterocycles. The molecule has 2 aromatic carbocycles. The highest BCUT2D eigenvalue weighted by molar-refractivity contribution is 7.87. The molecule has 0 amide bonds. The molecule has 0 aliphatic carbocycles. The van der Waals surface area contributed by atoms with E-state index in [0.717, 1.165) is 11.6 Å². The minimum absolute atomic E-state index is 0.0260. The van der Waals surface area contributed by atoms with Crippen molar-refractivity contribution >= 4 is 22.8 Å². The maximum Gasteiger partial charge on any atom is 0.280 e. The second-order valence-corrected chi connectivity index (χ2v) is 9.24. The molecule has 158 valence electrons. The van der Waals surface area contributed by atoms with Crippen molar-refractivity contribution in [3.63, 3.8) is 0 Å². The first-order valence-electron chi connectivity index (χ1n) is 8.96. The summed E-state index contributed by atoms with van der Waals surface area (Å²) in [7, 11) is -3.79. The Balaban J connectivity index is 1.60. The Morgan fingerprint density at radius 3 is 2.52 bits per heavy atom. The Morgan fingerprint density at radius 1 is 1.10 bits per heavy atom.